The summed E-state index contributed by atoms with van der Waals surface area (Å²) in [5, 5.41) is 0. The van der Waals surface area contributed by atoms with Gasteiger partial charge in [-0.3, -0.25) is 0 Å². The van der Waals surface area contributed by atoms with Gasteiger partial charge in [0.1, 0.15) is 0 Å². The van der Waals surface area contributed by atoms with E-state index in [1.54, 1.807) is 0 Å². The number of benzene rings is 2. The molecule has 0 aliphatic carbocycles. The Balaban J connectivity index is 0.000000637. The Kier molecular flexibility index (Phi) is 4.62. The Labute approximate surface area is 116 Å². The van der Waals surface area contributed by atoms with Gasteiger partial charge >= 0.3 is 0 Å². The summed E-state index contributed by atoms with van der Waals surface area (Å²) in [6.07, 6.45) is 3.59. The summed E-state index contributed by atoms with van der Waals surface area (Å²) in [6.45, 7) is 4.00. The molecule has 0 unspecified atom stereocenters. The quantitative estimate of drug-likeness (QED) is 0.640. The largest absolute Gasteiger partial charge is 0.344 e. The summed E-state index contributed by atoms with van der Waals surface area (Å²) >= 11 is 0. The first-order chi connectivity index (χ1) is 9.36. The normalized spacial score (nSPS) is 13.3. The third kappa shape index (κ3) is 2.81. The molecule has 0 atom stereocenters. The number of hydrogen-bond acceptors (Lipinski definition) is 1. The van der Waals surface area contributed by atoms with Gasteiger partial charge in [0.2, 0.25) is 0 Å². The summed E-state index contributed by atoms with van der Waals surface area (Å²) in [5.41, 5.74) is 5.62. The Hall–Kier alpha value is -1.76. The van der Waals surface area contributed by atoms with E-state index in [-0.39, 0.29) is 0 Å². The van der Waals surface area contributed by atoms with Crippen molar-refractivity contribution in [3.63, 3.8) is 0 Å². The molecule has 1 nitrogen and oxygen atoms in total. The van der Waals surface area contributed by atoms with Gasteiger partial charge in [0.15, 0.2) is 0 Å². The van der Waals surface area contributed by atoms with Crippen molar-refractivity contribution in [1.82, 2.24) is 0 Å². The second-order valence-corrected chi connectivity index (χ2v) is 4.67. The van der Waals surface area contributed by atoms with Crippen LogP contribution in [-0.2, 0) is 12.8 Å². The number of nitrogens with zero attached hydrogens (tertiary/aromatic N) is 1. The molecule has 0 bridgehead atoms. The van der Waals surface area contributed by atoms with Crippen molar-refractivity contribution in [1.29, 1.82) is 0 Å². The molecular formula is C18H23N. The zero-order valence-corrected chi connectivity index (χ0v) is 12.2. The number of rotatable bonds is 0. The van der Waals surface area contributed by atoms with Crippen LogP contribution in [0.1, 0.15) is 31.4 Å². The summed E-state index contributed by atoms with van der Waals surface area (Å²) in [6, 6.07) is 17.5. The number of para-hydroxylation sites is 2. The van der Waals surface area contributed by atoms with Crippen LogP contribution in [0.4, 0.5) is 11.4 Å². The lowest BCUT2D eigenvalue weighted by atomic mass is 9.97. The van der Waals surface area contributed by atoms with Crippen molar-refractivity contribution in [2.45, 2.75) is 33.1 Å². The predicted octanol–water partition coefficient (Wildman–Crippen LogP) is 4.97. The first-order valence-electron chi connectivity index (χ1n) is 7.26. The van der Waals surface area contributed by atoms with E-state index < -0.39 is 0 Å². The molecule has 1 aliphatic heterocycles. The van der Waals surface area contributed by atoms with E-state index in [4.69, 9.17) is 0 Å². The summed E-state index contributed by atoms with van der Waals surface area (Å²) in [5.74, 6) is 0. The van der Waals surface area contributed by atoms with E-state index in [0.29, 0.717) is 0 Å². The molecule has 0 radical (unpaired) electrons. The molecule has 2 aromatic carbocycles. The number of fused-ring (bicyclic) bond motifs is 2. The SMILES string of the molecule is CC.CN1c2ccccc2CCCc2ccccc21. The Morgan fingerprint density at radius 3 is 1.63 bits per heavy atom. The Morgan fingerprint density at radius 1 is 0.737 bits per heavy atom. The fourth-order valence-corrected chi connectivity index (χ4v) is 2.70. The average molecular weight is 253 g/mol. The first-order valence-corrected chi connectivity index (χ1v) is 7.26. The van der Waals surface area contributed by atoms with Crippen LogP contribution >= 0.6 is 0 Å². The zero-order valence-electron chi connectivity index (χ0n) is 12.2. The molecular weight excluding hydrogens is 230 g/mol. The molecule has 2 aromatic rings. The second-order valence-electron chi connectivity index (χ2n) is 4.67. The topological polar surface area (TPSA) is 3.24 Å². The van der Waals surface area contributed by atoms with Crippen LogP contribution in [0.5, 0.6) is 0 Å². The third-order valence-electron chi connectivity index (χ3n) is 3.60. The predicted molar refractivity (Wildman–Crippen MR) is 84.3 cm³/mol. The fourth-order valence-electron chi connectivity index (χ4n) is 2.70. The van der Waals surface area contributed by atoms with E-state index in [2.05, 4.69) is 60.5 Å². The molecule has 0 N–H and O–H groups in total. The van der Waals surface area contributed by atoms with E-state index in [1.807, 2.05) is 13.8 Å². The van der Waals surface area contributed by atoms with Crippen molar-refractivity contribution < 1.29 is 0 Å². The van der Waals surface area contributed by atoms with Gasteiger partial charge in [-0.25, -0.2) is 0 Å². The average Bonchev–Trinajstić information content (AvgIpc) is 2.48. The van der Waals surface area contributed by atoms with Gasteiger partial charge in [-0.15, -0.1) is 0 Å². The molecule has 1 aliphatic rings. The molecule has 100 valence electrons. The lowest BCUT2D eigenvalue weighted by Gasteiger charge is -2.27. The summed E-state index contributed by atoms with van der Waals surface area (Å²) in [7, 11) is 2.17. The molecule has 0 aromatic heterocycles. The molecule has 1 heterocycles. The fraction of sp³-hybridized carbons (Fsp3) is 0.333. The highest BCUT2D eigenvalue weighted by Gasteiger charge is 2.14. The van der Waals surface area contributed by atoms with Gasteiger partial charge in [-0.2, -0.15) is 0 Å². The van der Waals surface area contributed by atoms with Gasteiger partial charge in [0.25, 0.3) is 0 Å². The maximum atomic E-state index is 2.32. The number of hydrogen-bond donors (Lipinski definition) is 0. The van der Waals surface area contributed by atoms with Gasteiger partial charge in [-0.1, -0.05) is 50.2 Å². The van der Waals surface area contributed by atoms with Crippen LogP contribution in [0.25, 0.3) is 0 Å². The van der Waals surface area contributed by atoms with Crippen LogP contribution < -0.4 is 4.90 Å². The minimum atomic E-state index is 1.18. The van der Waals surface area contributed by atoms with E-state index in [1.165, 1.54) is 41.8 Å². The minimum Gasteiger partial charge on any atom is -0.344 e. The molecule has 19 heavy (non-hydrogen) atoms. The maximum Gasteiger partial charge on any atom is 0.0440 e. The molecule has 0 fully saturated rings. The molecule has 0 spiro atoms. The van der Waals surface area contributed by atoms with Crippen LogP contribution in [0, 0.1) is 0 Å². The standard InChI is InChI=1S/C16H17N.C2H6/c1-17-15-11-4-2-7-13(15)9-6-10-14-8-3-5-12-16(14)17;1-2/h2-5,7-8,11-12H,6,9-10H2,1H3;1-2H3. The van der Waals surface area contributed by atoms with Gasteiger partial charge in [0, 0.05) is 18.4 Å². The van der Waals surface area contributed by atoms with Crippen LogP contribution in [0.15, 0.2) is 48.5 Å². The van der Waals surface area contributed by atoms with Crippen molar-refractivity contribution >= 4 is 11.4 Å². The van der Waals surface area contributed by atoms with E-state index in [0.717, 1.165) is 0 Å². The minimum absolute atomic E-state index is 1.18. The van der Waals surface area contributed by atoms with Gasteiger partial charge < -0.3 is 4.90 Å². The Bertz CT molecular complexity index is 483. The third-order valence-corrected chi connectivity index (χ3v) is 3.60. The van der Waals surface area contributed by atoms with Crippen LogP contribution in [-0.4, -0.2) is 7.05 Å². The zero-order chi connectivity index (χ0) is 13.7. The van der Waals surface area contributed by atoms with Crippen LogP contribution in [0.2, 0.25) is 0 Å². The Morgan fingerprint density at radius 2 is 1.16 bits per heavy atom. The van der Waals surface area contributed by atoms with Gasteiger partial charge in [-0.05, 0) is 42.5 Å². The van der Waals surface area contributed by atoms with Gasteiger partial charge in [0.05, 0.1) is 0 Å². The molecule has 0 saturated carbocycles. The summed E-state index contributed by atoms with van der Waals surface area (Å²) < 4.78 is 0. The van der Waals surface area contributed by atoms with Crippen molar-refractivity contribution in [3.8, 4) is 0 Å². The number of anilines is 2. The highest BCUT2D eigenvalue weighted by atomic mass is 15.1. The summed E-state index contributed by atoms with van der Waals surface area (Å²) in [4.78, 5) is 2.32. The number of aryl methyl sites for hydroxylation is 2. The smallest absolute Gasteiger partial charge is 0.0440 e. The molecule has 0 amide bonds. The molecule has 0 saturated heterocycles. The lowest BCUT2D eigenvalue weighted by molar-refractivity contribution is 0.807. The van der Waals surface area contributed by atoms with Crippen LogP contribution in [0.3, 0.4) is 0 Å². The second kappa shape index (κ2) is 6.42. The lowest BCUT2D eigenvalue weighted by Crippen LogP contribution is -2.15. The van der Waals surface area contributed by atoms with E-state index in [9.17, 15) is 0 Å². The maximum absolute atomic E-state index is 2.32. The molecule has 3 rings (SSSR count). The first kappa shape index (κ1) is 13.7. The van der Waals surface area contributed by atoms with E-state index >= 15 is 0 Å². The highest BCUT2D eigenvalue weighted by Crippen LogP contribution is 2.33. The van der Waals surface area contributed by atoms with Crippen molar-refractivity contribution in [2.75, 3.05) is 11.9 Å². The molecule has 1 heteroatoms. The van der Waals surface area contributed by atoms with Crippen molar-refractivity contribution in [3.05, 3.63) is 59.7 Å². The van der Waals surface area contributed by atoms with Crippen molar-refractivity contribution in [2.24, 2.45) is 0 Å². The highest BCUT2D eigenvalue weighted by molar-refractivity contribution is 5.69. The monoisotopic (exact) mass is 253 g/mol.